The van der Waals surface area contributed by atoms with Crippen LogP contribution in [0.2, 0.25) is 5.15 Å². The molecule has 0 bridgehead atoms. The van der Waals surface area contributed by atoms with Gasteiger partial charge in [0.15, 0.2) is 5.15 Å². The van der Waals surface area contributed by atoms with Crippen molar-refractivity contribution in [3.05, 3.63) is 29.3 Å². The van der Waals surface area contributed by atoms with Gasteiger partial charge in [0.1, 0.15) is 11.6 Å². The summed E-state index contributed by atoms with van der Waals surface area (Å²) >= 11 is 5.95. The Morgan fingerprint density at radius 3 is 3.07 bits per heavy atom. The molecule has 4 nitrogen and oxygen atoms in total. The maximum absolute atomic E-state index is 9.37. The van der Waals surface area contributed by atoms with E-state index in [1.807, 2.05) is 0 Å². The summed E-state index contributed by atoms with van der Waals surface area (Å²) in [6.45, 7) is 0.575. The van der Waals surface area contributed by atoms with Crippen LogP contribution in [0, 0.1) is 0 Å². The molecule has 1 N–H and O–H groups in total. The van der Waals surface area contributed by atoms with E-state index in [-0.39, 0.29) is 5.75 Å². The van der Waals surface area contributed by atoms with Crippen molar-refractivity contribution in [3.63, 3.8) is 0 Å². The highest BCUT2D eigenvalue weighted by Crippen LogP contribution is 2.21. The van der Waals surface area contributed by atoms with Crippen LogP contribution in [0.15, 0.2) is 18.3 Å². The van der Waals surface area contributed by atoms with Crippen molar-refractivity contribution in [2.45, 2.75) is 6.42 Å². The van der Waals surface area contributed by atoms with E-state index >= 15 is 0 Å². The maximum atomic E-state index is 9.37. The number of nitrogens with zero attached hydrogens (tertiary/aromatic N) is 2. The van der Waals surface area contributed by atoms with Gasteiger partial charge in [-0.3, -0.25) is 4.40 Å². The summed E-state index contributed by atoms with van der Waals surface area (Å²) in [7, 11) is 1.63. The number of aromatic nitrogens is 2. The molecule has 0 unspecified atom stereocenters. The molecule has 5 heteroatoms. The molecule has 2 aromatic heterocycles. The van der Waals surface area contributed by atoms with Gasteiger partial charge < -0.3 is 9.84 Å². The molecule has 15 heavy (non-hydrogen) atoms. The number of imidazole rings is 1. The molecular weight excluding hydrogens is 216 g/mol. The number of halogens is 1. The van der Waals surface area contributed by atoms with Crippen molar-refractivity contribution in [2.75, 3.05) is 13.7 Å². The van der Waals surface area contributed by atoms with Crippen molar-refractivity contribution < 1.29 is 9.84 Å². The average Bonchev–Trinajstić information content (AvgIpc) is 2.52. The van der Waals surface area contributed by atoms with Gasteiger partial charge in [0.2, 0.25) is 0 Å². The molecule has 0 saturated heterocycles. The summed E-state index contributed by atoms with van der Waals surface area (Å²) in [4.78, 5) is 4.21. The van der Waals surface area contributed by atoms with Gasteiger partial charge in [-0.05, 0) is 12.1 Å². The van der Waals surface area contributed by atoms with Gasteiger partial charge in [0, 0.05) is 13.5 Å². The molecule has 0 spiro atoms. The van der Waals surface area contributed by atoms with E-state index in [9.17, 15) is 5.11 Å². The Morgan fingerprint density at radius 2 is 2.33 bits per heavy atom. The molecule has 0 fully saturated rings. The van der Waals surface area contributed by atoms with Gasteiger partial charge in [0.25, 0.3) is 0 Å². The van der Waals surface area contributed by atoms with E-state index in [1.54, 1.807) is 29.8 Å². The van der Waals surface area contributed by atoms with Crippen LogP contribution in [0.25, 0.3) is 5.52 Å². The van der Waals surface area contributed by atoms with Crippen LogP contribution in [0.1, 0.15) is 5.82 Å². The second kappa shape index (κ2) is 4.08. The largest absolute Gasteiger partial charge is 0.506 e. The monoisotopic (exact) mass is 226 g/mol. The third-order valence-electron chi connectivity index (χ3n) is 2.18. The predicted molar refractivity (Wildman–Crippen MR) is 57.4 cm³/mol. The van der Waals surface area contributed by atoms with Crippen LogP contribution in [-0.2, 0) is 11.2 Å². The number of hydrogen-bond acceptors (Lipinski definition) is 3. The van der Waals surface area contributed by atoms with Gasteiger partial charge in [-0.15, -0.1) is 0 Å². The minimum Gasteiger partial charge on any atom is -0.506 e. The molecule has 0 saturated carbocycles. The first-order valence-electron chi connectivity index (χ1n) is 4.57. The van der Waals surface area contributed by atoms with Crippen LogP contribution >= 0.6 is 11.6 Å². The Bertz CT molecular complexity index is 481. The number of pyridine rings is 1. The molecule has 2 aromatic rings. The van der Waals surface area contributed by atoms with Crippen LogP contribution < -0.4 is 0 Å². The summed E-state index contributed by atoms with van der Waals surface area (Å²) in [5.41, 5.74) is 0.792. The molecule has 0 aliphatic heterocycles. The summed E-state index contributed by atoms with van der Waals surface area (Å²) in [5, 5.41) is 9.81. The summed E-state index contributed by atoms with van der Waals surface area (Å²) in [5.74, 6) is 0.975. The fraction of sp³-hybridized carbons (Fsp3) is 0.300. The van der Waals surface area contributed by atoms with E-state index in [2.05, 4.69) is 4.98 Å². The number of methoxy groups -OCH3 is 1. The Labute approximate surface area is 92.1 Å². The van der Waals surface area contributed by atoms with Crippen molar-refractivity contribution in [1.29, 1.82) is 0 Å². The first-order valence-corrected chi connectivity index (χ1v) is 4.94. The highest BCUT2D eigenvalue weighted by molar-refractivity contribution is 6.32. The van der Waals surface area contributed by atoms with Gasteiger partial charge in [-0.25, -0.2) is 4.98 Å². The van der Waals surface area contributed by atoms with Gasteiger partial charge in [0.05, 0.1) is 18.3 Å². The van der Waals surface area contributed by atoms with E-state index in [0.29, 0.717) is 18.2 Å². The fourth-order valence-electron chi connectivity index (χ4n) is 1.47. The van der Waals surface area contributed by atoms with Crippen molar-refractivity contribution in [3.8, 4) is 5.75 Å². The first kappa shape index (κ1) is 10.3. The highest BCUT2D eigenvalue weighted by Gasteiger charge is 2.09. The molecule has 80 valence electrons. The van der Waals surface area contributed by atoms with Crippen LogP contribution in [-0.4, -0.2) is 28.2 Å². The first-order chi connectivity index (χ1) is 7.22. The molecule has 0 aliphatic carbocycles. The van der Waals surface area contributed by atoms with Gasteiger partial charge in [-0.1, -0.05) is 11.6 Å². The Balaban J connectivity index is 2.49. The van der Waals surface area contributed by atoms with Gasteiger partial charge in [-0.2, -0.15) is 0 Å². The summed E-state index contributed by atoms with van der Waals surface area (Å²) < 4.78 is 6.75. The van der Waals surface area contributed by atoms with E-state index < -0.39 is 0 Å². The van der Waals surface area contributed by atoms with Crippen molar-refractivity contribution in [2.24, 2.45) is 0 Å². The quantitative estimate of drug-likeness (QED) is 0.869. The lowest BCUT2D eigenvalue weighted by atomic mass is 10.4. The number of fused-ring (bicyclic) bond motifs is 1. The number of hydrogen-bond donors (Lipinski definition) is 1. The lowest BCUT2D eigenvalue weighted by Gasteiger charge is -2.00. The molecule has 0 aromatic carbocycles. The molecule has 2 rings (SSSR count). The normalized spacial score (nSPS) is 11.1. The standard InChI is InChI=1S/C10H11ClN2O2/c1-15-5-4-9-12-10(11)8-3-2-7(14)6-13(8)9/h2-3,6,14H,4-5H2,1H3. The second-order valence-corrected chi connectivity index (χ2v) is 3.56. The lowest BCUT2D eigenvalue weighted by molar-refractivity contribution is 0.200. The number of rotatable bonds is 3. The number of aromatic hydroxyl groups is 1. The minimum absolute atomic E-state index is 0.190. The number of ether oxygens (including phenoxy) is 1. The van der Waals surface area contributed by atoms with E-state index in [4.69, 9.17) is 16.3 Å². The minimum atomic E-state index is 0.190. The zero-order valence-electron chi connectivity index (χ0n) is 8.27. The predicted octanol–water partition coefficient (Wildman–Crippen LogP) is 1.88. The fourth-order valence-corrected chi connectivity index (χ4v) is 1.72. The third kappa shape index (κ3) is 1.91. The van der Waals surface area contributed by atoms with Crippen LogP contribution in [0.4, 0.5) is 0 Å². The SMILES string of the molecule is COCCc1nc(Cl)c2ccc(O)cn12. The van der Waals surface area contributed by atoms with Crippen LogP contribution in [0.5, 0.6) is 5.75 Å². The third-order valence-corrected chi connectivity index (χ3v) is 2.46. The molecule has 0 radical (unpaired) electrons. The Morgan fingerprint density at radius 1 is 1.53 bits per heavy atom. The van der Waals surface area contributed by atoms with Crippen molar-refractivity contribution >= 4 is 17.1 Å². The second-order valence-electron chi connectivity index (χ2n) is 3.20. The molecule has 2 heterocycles. The Kier molecular flexibility index (Phi) is 2.79. The van der Waals surface area contributed by atoms with E-state index in [0.717, 1.165) is 11.3 Å². The van der Waals surface area contributed by atoms with Crippen LogP contribution in [0.3, 0.4) is 0 Å². The molecular formula is C10H11ClN2O2. The molecule has 0 amide bonds. The smallest absolute Gasteiger partial charge is 0.155 e. The molecule has 0 atom stereocenters. The molecule has 0 aliphatic rings. The summed E-state index contributed by atoms with van der Waals surface area (Å²) in [6, 6.07) is 3.32. The topological polar surface area (TPSA) is 46.8 Å². The zero-order valence-corrected chi connectivity index (χ0v) is 9.03. The highest BCUT2D eigenvalue weighted by atomic mass is 35.5. The maximum Gasteiger partial charge on any atom is 0.155 e. The zero-order chi connectivity index (χ0) is 10.8. The summed E-state index contributed by atoms with van der Waals surface area (Å²) in [6.07, 6.45) is 2.26. The van der Waals surface area contributed by atoms with Crippen molar-refractivity contribution in [1.82, 2.24) is 9.38 Å². The van der Waals surface area contributed by atoms with Gasteiger partial charge >= 0.3 is 0 Å². The lowest BCUT2D eigenvalue weighted by Crippen LogP contribution is -2.00. The van der Waals surface area contributed by atoms with E-state index in [1.165, 1.54) is 0 Å². The Hall–Kier alpha value is -1.26. The average molecular weight is 227 g/mol.